The molecule has 0 radical (unpaired) electrons. The van der Waals surface area contributed by atoms with Gasteiger partial charge in [-0.15, -0.1) is 0 Å². The number of hydrogen-bond donors (Lipinski definition) is 1. The van der Waals surface area contributed by atoms with Crippen molar-refractivity contribution in [2.45, 2.75) is 57.7 Å². The van der Waals surface area contributed by atoms with E-state index in [1.807, 2.05) is 0 Å². The number of piperidine rings is 1. The van der Waals surface area contributed by atoms with Gasteiger partial charge in [-0.1, -0.05) is 0 Å². The molecule has 3 rings (SSSR count). The van der Waals surface area contributed by atoms with E-state index in [0.717, 1.165) is 6.42 Å². The van der Waals surface area contributed by atoms with Gasteiger partial charge in [0.15, 0.2) is 0 Å². The van der Waals surface area contributed by atoms with Gasteiger partial charge in [-0.05, 0) is 57.9 Å². The van der Waals surface area contributed by atoms with Crippen LogP contribution in [-0.4, -0.2) is 54.3 Å². The maximum absolute atomic E-state index is 13.0. The van der Waals surface area contributed by atoms with Crippen molar-refractivity contribution in [3.63, 3.8) is 0 Å². The monoisotopic (exact) mass is 389 g/mol. The predicted octanol–water partition coefficient (Wildman–Crippen LogP) is 2.91. The topological polar surface area (TPSA) is 88.2 Å². The fraction of sp³-hybridized carbons (Fsp3) is 0.550. The zero-order valence-electron chi connectivity index (χ0n) is 16.7. The number of rotatable bonds is 3. The van der Waals surface area contributed by atoms with Crippen molar-refractivity contribution >= 4 is 23.7 Å². The molecule has 0 spiro atoms. The van der Waals surface area contributed by atoms with E-state index >= 15 is 0 Å². The highest BCUT2D eigenvalue weighted by Gasteiger charge is 2.45. The van der Waals surface area contributed by atoms with Gasteiger partial charge in [0.1, 0.15) is 11.4 Å². The molecular weight excluding hydrogens is 362 g/mol. The standard InChI is InChI=1S/C20H27N3O5/c1-20(2,3)28-18(25)21-15-6-5-11-22-16(15)12-17(24)23(19(22)26)13-7-9-14(27-4)10-8-13/h7-10,15-16H,5-6,11-12H2,1-4H3,(H,21,25). The first-order chi connectivity index (χ1) is 13.2. The number of alkyl carbamates (subject to hydrolysis) is 1. The van der Waals surface area contributed by atoms with Crippen LogP contribution in [0.25, 0.3) is 0 Å². The number of ether oxygens (including phenoxy) is 2. The molecule has 0 saturated carbocycles. The summed E-state index contributed by atoms with van der Waals surface area (Å²) >= 11 is 0. The number of benzene rings is 1. The largest absolute Gasteiger partial charge is 0.497 e. The van der Waals surface area contributed by atoms with Gasteiger partial charge in [-0.3, -0.25) is 4.79 Å². The Bertz CT molecular complexity index is 756. The molecule has 1 aromatic carbocycles. The molecule has 8 nitrogen and oxygen atoms in total. The van der Waals surface area contributed by atoms with E-state index in [-0.39, 0.29) is 30.4 Å². The second-order valence-electron chi connectivity index (χ2n) is 8.07. The van der Waals surface area contributed by atoms with Crippen molar-refractivity contribution < 1.29 is 23.9 Å². The quantitative estimate of drug-likeness (QED) is 0.859. The fourth-order valence-electron chi connectivity index (χ4n) is 3.67. The summed E-state index contributed by atoms with van der Waals surface area (Å²) < 4.78 is 10.5. The molecule has 2 heterocycles. The Kier molecular flexibility index (Phi) is 5.49. The summed E-state index contributed by atoms with van der Waals surface area (Å²) in [5.41, 5.74) is -0.0987. The Morgan fingerprint density at radius 2 is 1.86 bits per heavy atom. The Morgan fingerprint density at radius 3 is 2.46 bits per heavy atom. The molecule has 2 saturated heterocycles. The van der Waals surface area contributed by atoms with Gasteiger partial charge in [0, 0.05) is 6.54 Å². The molecule has 2 atom stereocenters. The van der Waals surface area contributed by atoms with Crippen molar-refractivity contribution in [3.8, 4) is 5.75 Å². The van der Waals surface area contributed by atoms with E-state index in [1.165, 1.54) is 4.90 Å². The van der Waals surface area contributed by atoms with E-state index < -0.39 is 11.7 Å². The SMILES string of the molecule is COc1ccc(N2C(=O)CC3C(NC(=O)OC(C)(C)C)CCCN3C2=O)cc1. The number of fused-ring (bicyclic) bond motifs is 1. The minimum atomic E-state index is -0.609. The molecule has 2 fully saturated rings. The number of urea groups is 1. The zero-order valence-corrected chi connectivity index (χ0v) is 16.7. The molecule has 0 bridgehead atoms. The van der Waals surface area contributed by atoms with E-state index in [1.54, 1.807) is 57.0 Å². The van der Waals surface area contributed by atoms with Crippen molar-refractivity contribution in [2.24, 2.45) is 0 Å². The van der Waals surface area contributed by atoms with Gasteiger partial charge in [-0.2, -0.15) is 0 Å². The average molecular weight is 389 g/mol. The lowest BCUT2D eigenvalue weighted by Gasteiger charge is -2.46. The minimum Gasteiger partial charge on any atom is -0.497 e. The summed E-state index contributed by atoms with van der Waals surface area (Å²) in [4.78, 5) is 40.9. The van der Waals surface area contributed by atoms with Crippen LogP contribution in [0.1, 0.15) is 40.0 Å². The third-order valence-corrected chi connectivity index (χ3v) is 4.88. The van der Waals surface area contributed by atoms with Gasteiger partial charge in [0.05, 0.1) is 31.3 Å². The molecule has 0 aliphatic carbocycles. The van der Waals surface area contributed by atoms with E-state index in [9.17, 15) is 14.4 Å². The lowest BCUT2D eigenvalue weighted by molar-refractivity contribution is -0.121. The number of hydrogen-bond acceptors (Lipinski definition) is 5. The predicted molar refractivity (Wildman–Crippen MR) is 103 cm³/mol. The highest BCUT2D eigenvalue weighted by molar-refractivity contribution is 6.16. The fourth-order valence-corrected chi connectivity index (χ4v) is 3.67. The number of carbonyl (C=O) groups excluding carboxylic acids is 3. The Morgan fingerprint density at radius 1 is 1.18 bits per heavy atom. The molecule has 28 heavy (non-hydrogen) atoms. The maximum atomic E-state index is 13.0. The van der Waals surface area contributed by atoms with Gasteiger partial charge in [0.2, 0.25) is 5.91 Å². The number of anilines is 1. The number of carbonyl (C=O) groups is 3. The number of imide groups is 1. The van der Waals surface area contributed by atoms with E-state index in [4.69, 9.17) is 9.47 Å². The molecular formula is C20H27N3O5. The van der Waals surface area contributed by atoms with Crippen LogP contribution in [0.15, 0.2) is 24.3 Å². The first-order valence-corrected chi connectivity index (χ1v) is 9.47. The number of nitrogens with one attached hydrogen (secondary N) is 1. The molecule has 1 aromatic rings. The van der Waals surface area contributed by atoms with Crippen molar-refractivity contribution in [1.29, 1.82) is 0 Å². The Labute approximate surface area is 164 Å². The van der Waals surface area contributed by atoms with Crippen LogP contribution in [0.3, 0.4) is 0 Å². The van der Waals surface area contributed by atoms with E-state index in [0.29, 0.717) is 24.4 Å². The van der Waals surface area contributed by atoms with Crippen molar-refractivity contribution in [3.05, 3.63) is 24.3 Å². The molecule has 4 amide bonds. The molecule has 8 heteroatoms. The van der Waals surface area contributed by atoms with E-state index in [2.05, 4.69) is 5.32 Å². The van der Waals surface area contributed by atoms with Crippen LogP contribution < -0.4 is 15.0 Å². The molecule has 1 N–H and O–H groups in total. The van der Waals surface area contributed by atoms with Gasteiger partial charge in [0.25, 0.3) is 0 Å². The first kappa shape index (κ1) is 20.0. The summed E-state index contributed by atoms with van der Waals surface area (Å²) in [5.74, 6) is 0.368. The Balaban J connectivity index is 1.75. The van der Waals surface area contributed by atoms with Crippen molar-refractivity contribution in [1.82, 2.24) is 10.2 Å². The zero-order chi connectivity index (χ0) is 20.5. The highest BCUT2D eigenvalue weighted by Crippen LogP contribution is 2.31. The van der Waals surface area contributed by atoms with Gasteiger partial charge >= 0.3 is 12.1 Å². The third-order valence-electron chi connectivity index (χ3n) is 4.88. The second kappa shape index (κ2) is 7.69. The number of amides is 4. The van der Waals surface area contributed by atoms with Crippen molar-refractivity contribution in [2.75, 3.05) is 18.6 Å². The van der Waals surface area contributed by atoms with Crippen LogP contribution >= 0.6 is 0 Å². The summed E-state index contributed by atoms with van der Waals surface area (Å²) in [6.07, 6.45) is 1.06. The summed E-state index contributed by atoms with van der Waals surface area (Å²) in [6.45, 7) is 5.93. The molecule has 2 aliphatic rings. The number of nitrogens with zero attached hydrogens (tertiary/aromatic N) is 2. The normalized spacial score (nSPS) is 22.6. The summed E-state index contributed by atoms with van der Waals surface area (Å²) in [5, 5.41) is 2.84. The molecule has 0 aromatic heterocycles. The summed E-state index contributed by atoms with van der Waals surface area (Å²) in [7, 11) is 1.56. The first-order valence-electron chi connectivity index (χ1n) is 9.47. The molecule has 2 unspecified atom stereocenters. The molecule has 152 valence electrons. The second-order valence-corrected chi connectivity index (χ2v) is 8.07. The summed E-state index contributed by atoms with van der Waals surface area (Å²) in [6, 6.07) is 5.77. The minimum absolute atomic E-state index is 0.151. The van der Waals surface area contributed by atoms with Crippen LogP contribution in [-0.2, 0) is 9.53 Å². The van der Waals surface area contributed by atoms with Crippen LogP contribution in [0, 0.1) is 0 Å². The average Bonchev–Trinajstić information content (AvgIpc) is 2.61. The van der Waals surface area contributed by atoms with Crippen LogP contribution in [0.5, 0.6) is 5.75 Å². The van der Waals surface area contributed by atoms with Gasteiger partial charge < -0.3 is 19.7 Å². The third kappa shape index (κ3) is 4.21. The lowest BCUT2D eigenvalue weighted by atomic mass is 9.91. The highest BCUT2D eigenvalue weighted by atomic mass is 16.6. The smallest absolute Gasteiger partial charge is 0.407 e. The molecule has 2 aliphatic heterocycles. The Hall–Kier alpha value is -2.77. The van der Waals surface area contributed by atoms with Crippen LogP contribution in [0.2, 0.25) is 0 Å². The maximum Gasteiger partial charge on any atom is 0.407 e. The number of methoxy groups -OCH3 is 1. The van der Waals surface area contributed by atoms with Gasteiger partial charge in [-0.25, -0.2) is 14.5 Å². The lowest BCUT2D eigenvalue weighted by Crippen LogP contribution is -2.65. The van der Waals surface area contributed by atoms with Crippen LogP contribution in [0.4, 0.5) is 15.3 Å².